The zero-order valence-corrected chi connectivity index (χ0v) is 7.55. The number of alkyl halides is 2. The minimum absolute atomic E-state index is 0.444. The van der Waals surface area contributed by atoms with E-state index in [0.29, 0.717) is 0 Å². The van der Waals surface area contributed by atoms with Crippen LogP contribution in [0.15, 0.2) is 12.7 Å². The molecule has 0 bridgehead atoms. The first-order chi connectivity index (χ1) is 5.96. The lowest BCUT2D eigenvalue weighted by atomic mass is 9.92. The van der Waals surface area contributed by atoms with E-state index in [1.807, 2.05) is 0 Å². The highest BCUT2D eigenvalue weighted by Gasteiger charge is 2.32. The van der Waals surface area contributed by atoms with E-state index in [9.17, 15) is 13.6 Å². The summed E-state index contributed by atoms with van der Waals surface area (Å²) in [6.45, 7) is 1.42. The van der Waals surface area contributed by atoms with E-state index in [2.05, 4.69) is 16.1 Å². The molecule has 13 heavy (non-hydrogen) atoms. The van der Waals surface area contributed by atoms with E-state index in [1.165, 1.54) is 20.1 Å². The van der Waals surface area contributed by atoms with E-state index < -0.39 is 24.6 Å². The number of rotatable bonds is 5. The standard InChI is InChI=1S/C8H12F2O3/c1-4-8(2,6(11)12-3)5-13-7(9)10/h4,7H,1,5H2,2-3H3/t8-/m1/s1. The Morgan fingerprint density at radius 1 is 1.69 bits per heavy atom. The first-order valence-corrected chi connectivity index (χ1v) is 3.58. The lowest BCUT2D eigenvalue weighted by molar-refractivity contribution is -0.168. The van der Waals surface area contributed by atoms with Crippen LogP contribution in [0.3, 0.4) is 0 Å². The Balaban J connectivity index is 4.28. The van der Waals surface area contributed by atoms with Crippen molar-refractivity contribution in [3.63, 3.8) is 0 Å². The molecule has 0 N–H and O–H groups in total. The molecule has 0 saturated carbocycles. The molecule has 0 aliphatic carbocycles. The van der Waals surface area contributed by atoms with Crippen LogP contribution < -0.4 is 0 Å². The van der Waals surface area contributed by atoms with Crippen molar-refractivity contribution in [1.29, 1.82) is 0 Å². The summed E-state index contributed by atoms with van der Waals surface area (Å²) < 4.78 is 31.7. The van der Waals surface area contributed by atoms with Crippen molar-refractivity contribution in [1.82, 2.24) is 0 Å². The highest BCUT2D eigenvalue weighted by molar-refractivity contribution is 5.78. The second-order valence-corrected chi connectivity index (χ2v) is 2.68. The summed E-state index contributed by atoms with van der Waals surface area (Å²) in [6.07, 6.45) is 1.22. The van der Waals surface area contributed by atoms with Crippen molar-refractivity contribution in [3.8, 4) is 0 Å². The number of esters is 1. The summed E-state index contributed by atoms with van der Waals surface area (Å²) in [6, 6.07) is 0. The van der Waals surface area contributed by atoms with E-state index in [-0.39, 0.29) is 0 Å². The van der Waals surface area contributed by atoms with Gasteiger partial charge in [-0.15, -0.1) is 6.58 Å². The lowest BCUT2D eigenvalue weighted by Crippen LogP contribution is -2.32. The van der Waals surface area contributed by atoms with Crippen molar-refractivity contribution in [2.75, 3.05) is 13.7 Å². The van der Waals surface area contributed by atoms with Crippen LogP contribution in [0.5, 0.6) is 0 Å². The number of hydrogen-bond donors (Lipinski definition) is 0. The lowest BCUT2D eigenvalue weighted by Gasteiger charge is -2.21. The predicted molar refractivity (Wildman–Crippen MR) is 42.3 cm³/mol. The molecule has 3 nitrogen and oxygen atoms in total. The molecule has 0 fully saturated rings. The molecule has 0 aromatic heterocycles. The number of ether oxygens (including phenoxy) is 2. The smallest absolute Gasteiger partial charge is 0.345 e. The van der Waals surface area contributed by atoms with E-state index in [0.717, 1.165) is 0 Å². The fourth-order valence-electron chi connectivity index (χ4n) is 0.670. The van der Waals surface area contributed by atoms with Crippen molar-refractivity contribution >= 4 is 5.97 Å². The fourth-order valence-corrected chi connectivity index (χ4v) is 0.670. The second kappa shape index (κ2) is 4.91. The van der Waals surface area contributed by atoms with Crippen LogP contribution in [0, 0.1) is 5.41 Å². The molecule has 0 rings (SSSR count). The Morgan fingerprint density at radius 2 is 2.23 bits per heavy atom. The van der Waals surface area contributed by atoms with Gasteiger partial charge in [0.25, 0.3) is 0 Å². The van der Waals surface area contributed by atoms with Crippen molar-refractivity contribution < 1.29 is 23.0 Å². The number of hydrogen-bond acceptors (Lipinski definition) is 3. The highest BCUT2D eigenvalue weighted by atomic mass is 19.3. The van der Waals surface area contributed by atoms with Gasteiger partial charge in [0.15, 0.2) is 0 Å². The van der Waals surface area contributed by atoms with Gasteiger partial charge in [-0.3, -0.25) is 4.79 Å². The van der Waals surface area contributed by atoms with Crippen LogP contribution in [-0.4, -0.2) is 26.3 Å². The molecule has 5 heteroatoms. The van der Waals surface area contributed by atoms with Crippen LogP contribution in [0.1, 0.15) is 6.92 Å². The summed E-state index contributed by atoms with van der Waals surface area (Å²) in [5.74, 6) is -0.650. The quantitative estimate of drug-likeness (QED) is 0.492. The van der Waals surface area contributed by atoms with Gasteiger partial charge < -0.3 is 9.47 Å². The van der Waals surface area contributed by atoms with Gasteiger partial charge in [-0.2, -0.15) is 8.78 Å². The van der Waals surface area contributed by atoms with Gasteiger partial charge in [-0.05, 0) is 6.92 Å². The van der Waals surface area contributed by atoms with Gasteiger partial charge in [0.1, 0.15) is 5.41 Å². The largest absolute Gasteiger partial charge is 0.468 e. The molecular formula is C8H12F2O3. The number of carbonyl (C=O) groups excluding carboxylic acids is 1. The SMILES string of the molecule is C=C[C@](C)(COC(F)F)C(=O)OC. The first kappa shape index (κ1) is 12.0. The molecule has 0 radical (unpaired) electrons. The molecule has 0 aliphatic rings. The van der Waals surface area contributed by atoms with Gasteiger partial charge in [-0.1, -0.05) is 6.08 Å². The zero-order chi connectivity index (χ0) is 10.5. The third kappa shape index (κ3) is 3.50. The molecule has 0 aromatic rings. The maximum absolute atomic E-state index is 11.7. The molecule has 0 unspecified atom stereocenters. The average molecular weight is 194 g/mol. The minimum atomic E-state index is -2.90. The maximum Gasteiger partial charge on any atom is 0.345 e. The predicted octanol–water partition coefficient (Wildman–Crippen LogP) is 1.59. The van der Waals surface area contributed by atoms with Gasteiger partial charge in [0.05, 0.1) is 13.7 Å². The van der Waals surface area contributed by atoms with Crippen LogP contribution in [-0.2, 0) is 14.3 Å². The molecular weight excluding hydrogens is 182 g/mol. The fraction of sp³-hybridized carbons (Fsp3) is 0.625. The van der Waals surface area contributed by atoms with Crippen molar-refractivity contribution in [2.24, 2.45) is 5.41 Å². The Bertz CT molecular complexity index is 194. The van der Waals surface area contributed by atoms with Gasteiger partial charge in [0.2, 0.25) is 0 Å². The third-order valence-corrected chi connectivity index (χ3v) is 1.61. The minimum Gasteiger partial charge on any atom is -0.468 e. The maximum atomic E-state index is 11.7. The Labute approximate surface area is 75.3 Å². The van der Waals surface area contributed by atoms with E-state index in [1.54, 1.807) is 0 Å². The third-order valence-electron chi connectivity index (χ3n) is 1.61. The molecule has 0 aliphatic heterocycles. The second-order valence-electron chi connectivity index (χ2n) is 2.68. The number of methoxy groups -OCH3 is 1. The van der Waals surface area contributed by atoms with Crippen LogP contribution >= 0.6 is 0 Å². The molecule has 0 amide bonds. The Kier molecular flexibility index (Phi) is 4.55. The monoisotopic (exact) mass is 194 g/mol. The van der Waals surface area contributed by atoms with Gasteiger partial charge >= 0.3 is 12.6 Å². The van der Waals surface area contributed by atoms with E-state index in [4.69, 9.17) is 0 Å². The van der Waals surface area contributed by atoms with Crippen LogP contribution in [0.4, 0.5) is 8.78 Å². The topological polar surface area (TPSA) is 35.5 Å². The van der Waals surface area contributed by atoms with Gasteiger partial charge in [-0.25, -0.2) is 0 Å². The van der Waals surface area contributed by atoms with Crippen LogP contribution in [0.2, 0.25) is 0 Å². The van der Waals surface area contributed by atoms with E-state index >= 15 is 0 Å². The number of carbonyl (C=O) groups is 1. The molecule has 0 saturated heterocycles. The van der Waals surface area contributed by atoms with Crippen LogP contribution in [0.25, 0.3) is 0 Å². The Hall–Kier alpha value is -0.970. The first-order valence-electron chi connectivity index (χ1n) is 3.58. The Morgan fingerprint density at radius 3 is 2.54 bits per heavy atom. The molecule has 0 spiro atoms. The average Bonchev–Trinajstić information content (AvgIpc) is 2.12. The molecule has 0 heterocycles. The normalized spacial score (nSPS) is 15.2. The summed E-state index contributed by atoms with van der Waals surface area (Å²) >= 11 is 0. The zero-order valence-electron chi connectivity index (χ0n) is 7.55. The van der Waals surface area contributed by atoms with Crippen molar-refractivity contribution in [3.05, 3.63) is 12.7 Å². The van der Waals surface area contributed by atoms with Gasteiger partial charge in [0, 0.05) is 0 Å². The number of halogens is 2. The summed E-state index contributed by atoms with van der Waals surface area (Å²) in [4.78, 5) is 11.1. The molecule has 0 aromatic carbocycles. The molecule has 1 atom stereocenters. The summed E-state index contributed by atoms with van der Waals surface area (Å²) in [7, 11) is 1.17. The summed E-state index contributed by atoms with van der Waals surface area (Å²) in [5.41, 5.74) is -1.22. The molecule has 76 valence electrons. The highest BCUT2D eigenvalue weighted by Crippen LogP contribution is 2.21. The summed E-state index contributed by atoms with van der Waals surface area (Å²) in [5, 5.41) is 0. The van der Waals surface area contributed by atoms with Crippen molar-refractivity contribution in [2.45, 2.75) is 13.5 Å².